The molecule has 176 valence electrons. The number of nitrogens with zero attached hydrogens (tertiary/aromatic N) is 4. The zero-order valence-corrected chi connectivity index (χ0v) is 18.8. The van der Waals surface area contributed by atoms with Gasteiger partial charge >= 0.3 is 6.03 Å². The summed E-state index contributed by atoms with van der Waals surface area (Å²) in [7, 11) is 1.86. The number of H-pyrrole nitrogens is 1. The number of nitrogens with one attached hydrogen (secondary N) is 1. The maximum atomic E-state index is 13.9. The molecule has 0 aliphatic carbocycles. The summed E-state index contributed by atoms with van der Waals surface area (Å²) in [5.74, 6) is 0.287. The van der Waals surface area contributed by atoms with Gasteiger partial charge in [-0.25, -0.2) is 13.6 Å². The van der Waals surface area contributed by atoms with Crippen molar-refractivity contribution in [3.8, 4) is 5.75 Å². The molecule has 9 heteroatoms. The Morgan fingerprint density at radius 3 is 2.71 bits per heavy atom. The number of benzene rings is 3. The fourth-order valence-electron chi connectivity index (χ4n) is 4.53. The lowest BCUT2D eigenvalue weighted by atomic mass is 10.1. The third-order valence-electron chi connectivity index (χ3n) is 6.13. The molecule has 0 radical (unpaired) electrons. The van der Waals surface area contributed by atoms with Crippen LogP contribution in [-0.2, 0) is 13.6 Å². The summed E-state index contributed by atoms with van der Waals surface area (Å²) in [6, 6.07) is 18.2. The van der Waals surface area contributed by atoms with E-state index in [1.807, 2.05) is 68.0 Å². The van der Waals surface area contributed by atoms with Crippen molar-refractivity contribution in [2.45, 2.75) is 13.0 Å². The molecule has 2 amide bonds. The number of amides is 2. The molecule has 5 aromatic rings. The van der Waals surface area contributed by atoms with E-state index < -0.39 is 13.0 Å². The first kappa shape index (κ1) is 21.2. The van der Waals surface area contributed by atoms with Gasteiger partial charge in [0.25, 0.3) is 6.43 Å². The average molecular weight is 473 g/mol. The topological polar surface area (TPSA) is 66.4 Å². The first-order chi connectivity index (χ1) is 17.0. The van der Waals surface area contributed by atoms with Crippen LogP contribution in [0, 0.1) is 0 Å². The Kier molecular flexibility index (Phi) is 4.91. The second-order valence-corrected chi connectivity index (χ2v) is 8.49. The van der Waals surface area contributed by atoms with Crippen molar-refractivity contribution >= 4 is 44.9 Å². The molecule has 3 aromatic carbocycles. The third-order valence-corrected chi connectivity index (χ3v) is 6.13. The summed E-state index contributed by atoms with van der Waals surface area (Å²) < 4.78 is 32.4. The maximum absolute atomic E-state index is 13.9. The normalized spacial score (nSPS) is 13.8. The summed E-state index contributed by atoms with van der Waals surface area (Å²) in [4.78, 5) is 20.4. The van der Waals surface area contributed by atoms with Crippen LogP contribution in [0.3, 0.4) is 0 Å². The molecular weight excluding hydrogens is 452 g/mol. The summed E-state index contributed by atoms with van der Waals surface area (Å²) in [5, 5.41) is 6.30. The SMILES string of the molecule is Cn1cc2cc(N3Cc4ccc(OCC(F)F)cc4N(c4ccc5[nH]ccc5c4)C3=O)ccc2n1. The molecule has 35 heavy (non-hydrogen) atoms. The smallest absolute Gasteiger partial charge is 0.333 e. The number of rotatable bonds is 5. The number of alkyl halides is 2. The predicted octanol–water partition coefficient (Wildman–Crippen LogP) is 5.98. The van der Waals surface area contributed by atoms with Gasteiger partial charge < -0.3 is 9.72 Å². The molecule has 0 bridgehead atoms. The Balaban J connectivity index is 1.46. The predicted molar refractivity (Wildman–Crippen MR) is 131 cm³/mol. The van der Waals surface area contributed by atoms with Gasteiger partial charge in [-0.15, -0.1) is 0 Å². The Morgan fingerprint density at radius 1 is 1.03 bits per heavy atom. The van der Waals surface area contributed by atoms with Crippen LogP contribution < -0.4 is 14.5 Å². The van der Waals surface area contributed by atoms with E-state index in [-0.39, 0.29) is 11.8 Å². The van der Waals surface area contributed by atoms with Gasteiger partial charge in [-0.3, -0.25) is 14.5 Å². The van der Waals surface area contributed by atoms with Crippen molar-refractivity contribution in [3.63, 3.8) is 0 Å². The van der Waals surface area contributed by atoms with E-state index in [1.165, 1.54) is 0 Å². The van der Waals surface area contributed by atoms with Crippen LogP contribution in [-0.4, -0.2) is 33.8 Å². The van der Waals surface area contributed by atoms with E-state index in [2.05, 4.69) is 10.1 Å². The number of fused-ring (bicyclic) bond motifs is 3. The fraction of sp³-hybridized carbons (Fsp3) is 0.154. The van der Waals surface area contributed by atoms with Gasteiger partial charge in [-0.2, -0.15) is 5.10 Å². The molecule has 0 unspecified atom stereocenters. The van der Waals surface area contributed by atoms with E-state index in [1.54, 1.807) is 26.6 Å². The molecule has 3 heterocycles. The molecule has 1 N–H and O–H groups in total. The maximum Gasteiger partial charge on any atom is 0.333 e. The van der Waals surface area contributed by atoms with Crippen LogP contribution in [0.25, 0.3) is 21.8 Å². The Morgan fingerprint density at radius 2 is 1.86 bits per heavy atom. The summed E-state index contributed by atoms with van der Waals surface area (Å²) >= 11 is 0. The van der Waals surface area contributed by atoms with Crippen molar-refractivity contribution in [1.82, 2.24) is 14.8 Å². The Hall–Kier alpha value is -4.40. The summed E-state index contributed by atoms with van der Waals surface area (Å²) in [5.41, 5.74) is 4.68. The fourth-order valence-corrected chi connectivity index (χ4v) is 4.53. The van der Waals surface area contributed by atoms with Gasteiger partial charge in [0.2, 0.25) is 0 Å². The quantitative estimate of drug-likeness (QED) is 0.342. The van der Waals surface area contributed by atoms with Crippen molar-refractivity contribution in [2.24, 2.45) is 7.05 Å². The van der Waals surface area contributed by atoms with E-state index in [0.29, 0.717) is 17.9 Å². The number of halogens is 2. The van der Waals surface area contributed by atoms with Crippen LogP contribution in [0.2, 0.25) is 0 Å². The third kappa shape index (κ3) is 3.74. The largest absolute Gasteiger partial charge is 0.488 e. The number of carbonyl (C=O) groups excluding carboxylic acids is 1. The minimum Gasteiger partial charge on any atom is -0.488 e. The number of aromatic nitrogens is 3. The molecule has 0 saturated heterocycles. The molecule has 1 aliphatic heterocycles. The lowest BCUT2D eigenvalue weighted by Gasteiger charge is -2.37. The van der Waals surface area contributed by atoms with Crippen LogP contribution in [0.5, 0.6) is 5.75 Å². The van der Waals surface area contributed by atoms with Gasteiger partial charge in [-0.1, -0.05) is 6.07 Å². The minimum absolute atomic E-state index is 0.248. The van der Waals surface area contributed by atoms with Crippen molar-refractivity contribution in [1.29, 1.82) is 0 Å². The molecule has 0 fully saturated rings. The zero-order valence-electron chi connectivity index (χ0n) is 18.8. The van der Waals surface area contributed by atoms with Crippen LogP contribution in [0.15, 0.2) is 73.1 Å². The van der Waals surface area contributed by atoms with E-state index in [9.17, 15) is 13.6 Å². The van der Waals surface area contributed by atoms with Gasteiger partial charge in [0.1, 0.15) is 12.4 Å². The van der Waals surface area contributed by atoms with E-state index >= 15 is 0 Å². The van der Waals surface area contributed by atoms with E-state index in [0.717, 1.165) is 33.1 Å². The van der Waals surface area contributed by atoms with Crippen molar-refractivity contribution < 1.29 is 18.3 Å². The molecular formula is C26H21F2N5O2. The molecule has 7 nitrogen and oxygen atoms in total. The number of hydrogen-bond donors (Lipinski definition) is 1. The van der Waals surface area contributed by atoms with Crippen LogP contribution >= 0.6 is 0 Å². The number of ether oxygens (including phenoxy) is 1. The van der Waals surface area contributed by atoms with Crippen LogP contribution in [0.4, 0.5) is 30.6 Å². The summed E-state index contributed by atoms with van der Waals surface area (Å²) in [6.07, 6.45) is 1.16. The lowest BCUT2D eigenvalue weighted by Crippen LogP contribution is -2.45. The van der Waals surface area contributed by atoms with Gasteiger partial charge in [0.05, 0.1) is 23.4 Å². The number of hydrogen-bond acceptors (Lipinski definition) is 3. The Labute approximate surface area is 199 Å². The highest BCUT2D eigenvalue weighted by Crippen LogP contribution is 2.40. The number of aryl methyl sites for hydroxylation is 1. The summed E-state index contributed by atoms with van der Waals surface area (Å²) in [6.45, 7) is -0.378. The highest BCUT2D eigenvalue weighted by molar-refractivity contribution is 6.12. The second kappa shape index (κ2) is 8.12. The number of anilines is 3. The monoisotopic (exact) mass is 473 g/mol. The highest BCUT2D eigenvalue weighted by atomic mass is 19.3. The average Bonchev–Trinajstić information content (AvgIpc) is 3.46. The molecule has 1 aliphatic rings. The Bertz CT molecular complexity index is 1570. The van der Waals surface area contributed by atoms with E-state index in [4.69, 9.17) is 4.74 Å². The number of urea groups is 1. The standard InChI is InChI=1S/C26H21F2N5O2/c1-31-13-18-11-19(3-7-23(18)30-31)32-14-17-2-5-21(35-15-25(27)28)12-24(17)33(26(32)34)20-4-6-22-16(10-20)8-9-29-22/h2-13,25,29H,14-15H2,1H3. The van der Waals surface area contributed by atoms with Crippen molar-refractivity contribution in [3.05, 3.63) is 78.6 Å². The van der Waals surface area contributed by atoms with Gasteiger partial charge in [-0.05, 0) is 54.1 Å². The molecule has 0 spiro atoms. The number of carbonyl (C=O) groups is 1. The lowest BCUT2D eigenvalue weighted by molar-refractivity contribution is 0.0819. The van der Waals surface area contributed by atoms with Gasteiger partial charge in [0.15, 0.2) is 0 Å². The molecule has 6 rings (SSSR count). The number of aromatic amines is 1. The van der Waals surface area contributed by atoms with Gasteiger partial charge in [0, 0.05) is 47.5 Å². The first-order valence-electron chi connectivity index (χ1n) is 11.1. The first-order valence-corrected chi connectivity index (χ1v) is 11.1. The second-order valence-electron chi connectivity index (χ2n) is 8.49. The molecule has 0 saturated carbocycles. The zero-order chi connectivity index (χ0) is 24.1. The highest BCUT2D eigenvalue weighted by Gasteiger charge is 2.33. The molecule has 2 aromatic heterocycles. The van der Waals surface area contributed by atoms with Crippen molar-refractivity contribution in [2.75, 3.05) is 16.4 Å². The molecule has 0 atom stereocenters. The minimum atomic E-state index is -2.59. The van der Waals surface area contributed by atoms with Crippen LogP contribution in [0.1, 0.15) is 5.56 Å².